The topological polar surface area (TPSA) is 47.6 Å². The summed E-state index contributed by atoms with van der Waals surface area (Å²) in [5.41, 5.74) is 2.74. The number of amides is 1. The molecule has 4 nitrogen and oxygen atoms in total. The van der Waals surface area contributed by atoms with Gasteiger partial charge in [-0.3, -0.25) is 4.79 Å². The van der Waals surface area contributed by atoms with Crippen molar-refractivity contribution >= 4 is 5.91 Å². The molecule has 1 saturated carbocycles. The van der Waals surface area contributed by atoms with Crippen LogP contribution in [0, 0.1) is 5.92 Å². The predicted octanol–water partition coefficient (Wildman–Crippen LogP) is 5.29. The summed E-state index contributed by atoms with van der Waals surface area (Å²) in [7, 11) is 0. The first-order valence-corrected chi connectivity index (χ1v) is 10.7. The molecule has 154 valence electrons. The van der Waals surface area contributed by atoms with Crippen LogP contribution in [0.2, 0.25) is 0 Å². The van der Waals surface area contributed by atoms with Crippen LogP contribution in [0.15, 0.2) is 42.5 Å². The van der Waals surface area contributed by atoms with Gasteiger partial charge in [-0.05, 0) is 56.4 Å². The number of nitrogens with one attached hydrogen (secondary N) is 1. The Kier molecular flexibility index (Phi) is 5.53. The van der Waals surface area contributed by atoms with Crippen LogP contribution in [-0.2, 0) is 13.0 Å². The van der Waals surface area contributed by atoms with Crippen molar-refractivity contribution < 1.29 is 14.3 Å². The van der Waals surface area contributed by atoms with Crippen molar-refractivity contribution in [3.8, 4) is 11.5 Å². The molecule has 0 unspecified atom stereocenters. The highest BCUT2D eigenvalue weighted by Gasteiger charge is 2.32. The maximum absolute atomic E-state index is 12.6. The van der Waals surface area contributed by atoms with Gasteiger partial charge in [0, 0.05) is 23.6 Å². The molecule has 4 rings (SSSR count). The highest BCUT2D eigenvalue weighted by molar-refractivity contribution is 5.94. The second kappa shape index (κ2) is 8.10. The van der Waals surface area contributed by atoms with Crippen LogP contribution in [0.1, 0.15) is 67.9 Å². The van der Waals surface area contributed by atoms with E-state index in [9.17, 15) is 4.79 Å². The van der Waals surface area contributed by atoms with Gasteiger partial charge in [0.2, 0.25) is 0 Å². The zero-order chi connectivity index (χ0) is 20.4. The lowest BCUT2D eigenvalue weighted by Gasteiger charge is -2.29. The van der Waals surface area contributed by atoms with E-state index in [0.29, 0.717) is 24.1 Å². The number of rotatable bonds is 5. The quantitative estimate of drug-likeness (QED) is 0.751. The Morgan fingerprint density at radius 1 is 1.14 bits per heavy atom. The average Bonchev–Trinajstić information content (AvgIpc) is 3.03. The molecular formula is C25H31NO3. The van der Waals surface area contributed by atoms with Crippen molar-refractivity contribution in [2.75, 3.05) is 0 Å². The van der Waals surface area contributed by atoms with Crippen molar-refractivity contribution in [2.24, 2.45) is 5.92 Å². The Morgan fingerprint density at radius 3 is 2.66 bits per heavy atom. The fraction of sp³-hybridized carbons (Fsp3) is 0.480. The van der Waals surface area contributed by atoms with E-state index < -0.39 is 0 Å². The van der Waals surface area contributed by atoms with Gasteiger partial charge in [0.15, 0.2) is 11.5 Å². The smallest absolute Gasteiger partial charge is 0.251 e. The zero-order valence-electron chi connectivity index (χ0n) is 17.7. The molecule has 0 saturated heterocycles. The third kappa shape index (κ3) is 4.58. The van der Waals surface area contributed by atoms with Crippen LogP contribution in [0.4, 0.5) is 0 Å². The first kappa shape index (κ1) is 19.8. The number of fused-ring (bicyclic) bond motifs is 1. The van der Waals surface area contributed by atoms with Crippen molar-refractivity contribution in [3.63, 3.8) is 0 Å². The Balaban J connectivity index is 1.36. The van der Waals surface area contributed by atoms with Gasteiger partial charge in [-0.25, -0.2) is 0 Å². The SMILES string of the molecule is C[C@H]1CCCC[C@H]1NC(=O)c1ccc(COc2cccc3c2OC(C)(C)C3)cc1. The van der Waals surface area contributed by atoms with E-state index >= 15 is 0 Å². The zero-order valence-corrected chi connectivity index (χ0v) is 17.7. The first-order valence-electron chi connectivity index (χ1n) is 10.7. The molecule has 1 N–H and O–H groups in total. The Morgan fingerprint density at radius 2 is 1.90 bits per heavy atom. The molecule has 0 bridgehead atoms. The summed E-state index contributed by atoms with van der Waals surface area (Å²) >= 11 is 0. The largest absolute Gasteiger partial charge is 0.485 e. The van der Waals surface area contributed by atoms with Crippen LogP contribution in [0.3, 0.4) is 0 Å². The van der Waals surface area contributed by atoms with E-state index in [2.05, 4.69) is 32.2 Å². The van der Waals surface area contributed by atoms with Gasteiger partial charge in [-0.2, -0.15) is 0 Å². The van der Waals surface area contributed by atoms with Gasteiger partial charge in [0.1, 0.15) is 12.2 Å². The average molecular weight is 394 g/mol. The predicted molar refractivity (Wildman–Crippen MR) is 115 cm³/mol. The number of hydrogen-bond donors (Lipinski definition) is 1. The molecule has 2 atom stereocenters. The van der Waals surface area contributed by atoms with E-state index in [-0.39, 0.29) is 11.5 Å². The summed E-state index contributed by atoms with van der Waals surface area (Å²) in [6, 6.07) is 14.1. The number of carbonyl (C=O) groups is 1. The minimum atomic E-state index is -0.188. The van der Waals surface area contributed by atoms with Crippen LogP contribution < -0.4 is 14.8 Å². The van der Waals surface area contributed by atoms with Gasteiger partial charge in [0.05, 0.1) is 0 Å². The van der Waals surface area contributed by atoms with E-state index in [0.717, 1.165) is 29.9 Å². The molecule has 0 spiro atoms. The van der Waals surface area contributed by atoms with Gasteiger partial charge < -0.3 is 14.8 Å². The molecule has 2 aromatic carbocycles. The van der Waals surface area contributed by atoms with Gasteiger partial charge in [0.25, 0.3) is 5.91 Å². The molecule has 1 aliphatic carbocycles. The Hall–Kier alpha value is -2.49. The number of para-hydroxylation sites is 1. The summed E-state index contributed by atoms with van der Waals surface area (Å²) in [6.45, 7) is 6.86. The maximum Gasteiger partial charge on any atom is 0.251 e. The fourth-order valence-corrected chi connectivity index (χ4v) is 4.40. The number of benzene rings is 2. The third-order valence-corrected chi connectivity index (χ3v) is 6.09. The standard InChI is InChI=1S/C25H31NO3/c1-17-7-4-5-9-21(17)26-24(27)19-13-11-18(12-14-19)16-28-22-10-6-8-20-15-25(2,3)29-23(20)22/h6,8,10-14,17,21H,4-5,7,9,15-16H2,1-3H3,(H,26,27)/t17-,21+/m0/s1. The summed E-state index contributed by atoms with van der Waals surface area (Å²) in [5, 5.41) is 3.21. The van der Waals surface area contributed by atoms with E-state index in [1.807, 2.05) is 36.4 Å². The monoisotopic (exact) mass is 393 g/mol. The molecule has 0 aromatic heterocycles. The minimum Gasteiger partial charge on any atom is -0.485 e. The van der Waals surface area contributed by atoms with Crippen LogP contribution in [0.25, 0.3) is 0 Å². The lowest BCUT2D eigenvalue weighted by atomic mass is 9.86. The summed E-state index contributed by atoms with van der Waals surface area (Å²) < 4.78 is 12.1. The van der Waals surface area contributed by atoms with Crippen LogP contribution in [-0.4, -0.2) is 17.6 Å². The molecule has 2 aromatic rings. The summed E-state index contributed by atoms with van der Waals surface area (Å²) in [6.07, 6.45) is 5.65. The van der Waals surface area contributed by atoms with Crippen LogP contribution >= 0.6 is 0 Å². The second-order valence-electron chi connectivity index (χ2n) is 9.11. The highest BCUT2D eigenvalue weighted by atomic mass is 16.5. The molecule has 0 radical (unpaired) electrons. The molecule has 1 amide bonds. The summed E-state index contributed by atoms with van der Waals surface area (Å²) in [4.78, 5) is 12.6. The molecule has 29 heavy (non-hydrogen) atoms. The minimum absolute atomic E-state index is 0.0210. The van der Waals surface area contributed by atoms with Gasteiger partial charge in [-0.15, -0.1) is 0 Å². The lowest BCUT2D eigenvalue weighted by Crippen LogP contribution is -2.41. The number of carbonyl (C=O) groups excluding carboxylic acids is 1. The molecule has 4 heteroatoms. The number of ether oxygens (including phenoxy) is 2. The van der Waals surface area contributed by atoms with Crippen LogP contribution in [0.5, 0.6) is 11.5 Å². The Labute approximate surface area is 173 Å². The second-order valence-corrected chi connectivity index (χ2v) is 9.11. The normalized spacial score (nSPS) is 22.4. The van der Waals surface area contributed by atoms with Crippen molar-refractivity contribution in [1.82, 2.24) is 5.32 Å². The molecule has 2 aliphatic rings. The summed E-state index contributed by atoms with van der Waals surface area (Å²) in [5.74, 6) is 2.21. The highest BCUT2D eigenvalue weighted by Crippen LogP contribution is 2.41. The maximum atomic E-state index is 12.6. The molecule has 1 heterocycles. The van der Waals surface area contributed by atoms with Crippen molar-refractivity contribution in [1.29, 1.82) is 0 Å². The molecule has 1 fully saturated rings. The molecular weight excluding hydrogens is 362 g/mol. The number of hydrogen-bond acceptors (Lipinski definition) is 3. The van der Waals surface area contributed by atoms with E-state index in [1.54, 1.807) is 0 Å². The molecule has 1 aliphatic heterocycles. The lowest BCUT2D eigenvalue weighted by molar-refractivity contribution is 0.0910. The van der Waals surface area contributed by atoms with E-state index in [4.69, 9.17) is 9.47 Å². The van der Waals surface area contributed by atoms with Gasteiger partial charge in [-0.1, -0.05) is 44.0 Å². The van der Waals surface area contributed by atoms with Gasteiger partial charge >= 0.3 is 0 Å². The van der Waals surface area contributed by atoms with E-state index in [1.165, 1.54) is 24.8 Å². The fourth-order valence-electron chi connectivity index (χ4n) is 4.40. The first-order chi connectivity index (χ1) is 13.9. The van der Waals surface area contributed by atoms with Crippen molar-refractivity contribution in [3.05, 3.63) is 59.2 Å². The Bertz CT molecular complexity index is 872. The third-order valence-electron chi connectivity index (χ3n) is 6.09. The van der Waals surface area contributed by atoms with Crippen molar-refractivity contribution in [2.45, 2.75) is 71.1 Å².